The van der Waals surface area contributed by atoms with Crippen LogP contribution in [0.15, 0.2) is 42.7 Å². The number of para-hydroxylation sites is 1. The van der Waals surface area contributed by atoms with Gasteiger partial charge < -0.3 is 10.0 Å². The van der Waals surface area contributed by atoms with Gasteiger partial charge in [0.25, 0.3) is 5.91 Å². The van der Waals surface area contributed by atoms with E-state index in [1.807, 2.05) is 30.3 Å². The van der Waals surface area contributed by atoms with Crippen molar-refractivity contribution in [3.8, 4) is 5.69 Å². The molecular weight excluding hydrogens is 242 g/mol. The molecule has 5 nitrogen and oxygen atoms in total. The highest BCUT2D eigenvalue weighted by Crippen LogP contribution is 2.10. The molecule has 1 aromatic heterocycles. The van der Waals surface area contributed by atoms with Crippen LogP contribution in [0, 0.1) is 0 Å². The third-order valence-corrected chi connectivity index (χ3v) is 3.10. The summed E-state index contributed by atoms with van der Waals surface area (Å²) in [6.07, 6.45) is 3.23. The maximum absolute atomic E-state index is 12.2. The molecule has 0 aliphatic carbocycles. The number of carbonyl (C=O) groups is 1. The van der Waals surface area contributed by atoms with Gasteiger partial charge in [0, 0.05) is 13.2 Å². The van der Waals surface area contributed by atoms with Crippen LogP contribution >= 0.6 is 0 Å². The fourth-order valence-corrected chi connectivity index (χ4v) is 1.68. The average molecular weight is 259 g/mol. The lowest BCUT2D eigenvalue weighted by Crippen LogP contribution is -2.37. The summed E-state index contributed by atoms with van der Waals surface area (Å²) in [6, 6.07) is 9.38. The number of aliphatic hydroxyl groups excluding tert-OH is 1. The number of hydrogen-bond acceptors (Lipinski definition) is 3. The second kappa shape index (κ2) is 5.67. The van der Waals surface area contributed by atoms with Crippen LogP contribution in [-0.2, 0) is 0 Å². The number of likely N-dealkylation sites (N-methyl/N-ethyl adjacent to an activating group) is 1. The monoisotopic (exact) mass is 259 g/mol. The van der Waals surface area contributed by atoms with Gasteiger partial charge in [0.05, 0.1) is 30.1 Å². The van der Waals surface area contributed by atoms with E-state index in [1.165, 1.54) is 11.1 Å². The molecule has 2 rings (SSSR count). The molecule has 1 atom stereocenters. The second-order valence-corrected chi connectivity index (χ2v) is 4.46. The highest BCUT2D eigenvalue weighted by molar-refractivity contribution is 5.93. The molecule has 0 aliphatic rings. The van der Waals surface area contributed by atoms with Crippen molar-refractivity contribution in [2.75, 3.05) is 13.7 Å². The highest BCUT2D eigenvalue weighted by Gasteiger charge is 2.18. The van der Waals surface area contributed by atoms with Gasteiger partial charge in [0.2, 0.25) is 0 Å². The first-order valence-electron chi connectivity index (χ1n) is 6.11. The summed E-state index contributed by atoms with van der Waals surface area (Å²) in [5, 5.41) is 13.3. The predicted octanol–water partition coefficient (Wildman–Crippen LogP) is 1.33. The number of hydrogen-bond donors (Lipinski definition) is 1. The van der Waals surface area contributed by atoms with Gasteiger partial charge in [-0.1, -0.05) is 18.2 Å². The molecule has 0 saturated heterocycles. The molecular formula is C14H17N3O2. The van der Waals surface area contributed by atoms with Gasteiger partial charge in [-0.2, -0.15) is 5.10 Å². The van der Waals surface area contributed by atoms with Gasteiger partial charge >= 0.3 is 0 Å². The lowest BCUT2D eigenvalue weighted by Gasteiger charge is -2.22. The molecule has 1 aromatic carbocycles. The standard InChI is InChI=1S/C14H17N3O2/c1-11(10-18)16(2)14(19)12-8-15-17(9-12)13-6-4-3-5-7-13/h3-9,11,18H,10H2,1-2H3. The molecule has 1 N–H and O–H groups in total. The summed E-state index contributed by atoms with van der Waals surface area (Å²) < 4.78 is 1.66. The minimum absolute atomic E-state index is 0.0605. The fourth-order valence-electron chi connectivity index (χ4n) is 1.68. The number of benzene rings is 1. The van der Waals surface area contributed by atoms with Crippen molar-refractivity contribution in [2.45, 2.75) is 13.0 Å². The number of aromatic nitrogens is 2. The molecule has 1 amide bonds. The lowest BCUT2D eigenvalue weighted by molar-refractivity contribution is 0.0682. The van der Waals surface area contributed by atoms with E-state index >= 15 is 0 Å². The zero-order chi connectivity index (χ0) is 13.8. The zero-order valence-electron chi connectivity index (χ0n) is 11.0. The first-order chi connectivity index (χ1) is 9.13. The maximum atomic E-state index is 12.2. The summed E-state index contributed by atoms with van der Waals surface area (Å²) >= 11 is 0. The highest BCUT2D eigenvalue weighted by atomic mass is 16.3. The Bertz CT molecular complexity index is 551. The number of nitrogens with zero attached hydrogens (tertiary/aromatic N) is 3. The van der Waals surface area contributed by atoms with E-state index in [2.05, 4.69) is 5.10 Å². The second-order valence-electron chi connectivity index (χ2n) is 4.46. The molecule has 0 saturated carbocycles. The number of aliphatic hydroxyl groups is 1. The molecule has 0 radical (unpaired) electrons. The lowest BCUT2D eigenvalue weighted by atomic mass is 10.2. The Morgan fingerprint density at radius 3 is 2.74 bits per heavy atom. The molecule has 0 bridgehead atoms. The van der Waals surface area contributed by atoms with Crippen LogP contribution < -0.4 is 0 Å². The summed E-state index contributed by atoms with van der Waals surface area (Å²) in [6.45, 7) is 1.73. The molecule has 0 aliphatic heterocycles. The van der Waals surface area contributed by atoms with Crippen LogP contribution in [0.25, 0.3) is 5.69 Å². The van der Waals surface area contributed by atoms with E-state index in [0.29, 0.717) is 5.56 Å². The summed E-state index contributed by atoms with van der Waals surface area (Å²) in [5.41, 5.74) is 1.41. The largest absolute Gasteiger partial charge is 0.394 e. The van der Waals surface area contributed by atoms with Crippen LogP contribution in [0.4, 0.5) is 0 Å². The maximum Gasteiger partial charge on any atom is 0.257 e. The first kappa shape index (κ1) is 13.3. The Morgan fingerprint density at radius 2 is 2.11 bits per heavy atom. The summed E-state index contributed by atoms with van der Waals surface area (Å²) in [7, 11) is 1.67. The Morgan fingerprint density at radius 1 is 1.42 bits per heavy atom. The predicted molar refractivity (Wildman–Crippen MR) is 72.2 cm³/mol. The van der Waals surface area contributed by atoms with Gasteiger partial charge in [-0.25, -0.2) is 4.68 Å². The van der Waals surface area contributed by atoms with Gasteiger partial charge in [-0.05, 0) is 19.1 Å². The molecule has 19 heavy (non-hydrogen) atoms. The van der Waals surface area contributed by atoms with E-state index in [9.17, 15) is 4.79 Å². The molecule has 5 heteroatoms. The Hall–Kier alpha value is -2.14. The Labute approximate surface area is 112 Å². The topological polar surface area (TPSA) is 58.4 Å². The molecule has 0 fully saturated rings. The number of rotatable bonds is 4. The third-order valence-electron chi connectivity index (χ3n) is 3.10. The summed E-state index contributed by atoms with van der Waals surface area (Å²) in [4.78, 5) is 13.7. The van der Waals surface area contributed by atoms with Crippen LogP contribution in [0.5, 0.6) is 0 Å². The van der Waals surface area contributed by atoms with Gasteiger partial charge in [-0.15, -0.1) is 0 Å². The van der Waals surface area contributed by atoms with Crippen molar-refractivity contribution in [2.24, 2.45) is 0 Å². The first-order valence-corrected chi connectivity index (χ1v) is 6.11. The Balaban J connectivity index is 2.20. The minimum Gasteiger partial charge on any atom is -0.394 e. The zero-order valence-corrected chi connectivity index (χ0v) is 11.0. The van der Waals surface area contributed by atoms with Gasteiger partial charge in [0.1, 0.15) is 0 Å². The van der Waals surface area contributed by atoms with Crippen LogP contribution in [0.1, 0.15) is 17.3 Å². The normalized spacial score (nSPS) is 12.2. The van der Waals surface area contributed by atoms with Gasteiger partial charge in [-0.3, -0.25) is 4.79 Å². The average Bonchev–Trinajstić information content (AvgIpc) is 2.95. The number of carbonyl (C=O) groups excluding carboxylic acids is 1. The van der Waals surface area contributed by atoms with Gasteiger partial charge in [0.15, 0.2) is 0 Å². The van der Waals surface area contributed by atoms with Crippen LogP contribution in [-0.4, -0.2) is 45.4 Å². The van der Waals surface area contributed by atoms with E-state index in [1.54, 1.807) is 24.9 Å². The van der Waals surface area contributed by atoms with Crippen molar-refractivity contribution in [3.63, 3.8) is 0 Å². The fraction of sp³-hybridized carbons (Fsp3) is 0.286. The minimum atomic E-state index is -0.215. The van der Waals surface area contributed by atoms with Crippen molar-refractivity contribution in [1.82, 2.24) is 14.7 Å². The molecule has 2 aromatic rings. The quantitative estimate of drug-likeness (QED) is 0.901. The van der Waals surface area contributed by atoms with E-state index in [0.717, 1.165) is 5.69 Å². The van der Waals surface area contributed by atoms with Crippen molar-refractivity contribution >= 4 is 5.91 Å². The van der Waals surface area contributed by atoms with Crippen molar-refractivity contribution in [1.29, 1.82) is 0 Å². The van der Waals surface area contributed by atoms with E-state index < -0.39 is 0 Å². The molecule has 1 heterocycles. The van der Waals surface area contributed by atoms with E-state index in [4.69, 9.17) is 5.11 Å². The Kier molecular flexibility index (Phi) is 3.97. The third kappa shape index (κ3) is 2.82. The molecule has 0 spiro atoms. The van der Waals surface area contributed by atoms with Crippen LogP contribution in [0.3, 0.4) is 0 Å². The van der Waals surface area contributed by atoms with Crippen molar-refractivity contribution in [3.05, 3.63) is 48.3 Å². The smallest absolute Gasteiger partial charge is 0.257 e. The van der Waals surface area contributed by atoms with E-state index in [-0.39, 0.29) is 18.6 Å². The SMILES string of the molecule is CC(CO)N(C)C(=O)c1cnn(-c2ccccc2)c1. The van der Waals surface area contributed by atoms with Crippen molar-refractivity contribution < 1.29 is 9.90 Å². The summed E-state index contributed by atoms with van der Waals surface area (Å²) in [5.74, 6) is -0.149. The molecule has 1 unspecified atom stereocenters. The number of amides is 1. The molecule has 100 valence electrons. The van der Waals surface area contributed by atoms with Crippen LogP contribution in [0.2, 0.25) is 0 Å².